The van der Waals surface area contributed by atoms with E-state index in [2.05, 4.69) is 20.9 Å². The predicted molar refractivity (Wildman–Crippen MR) is 158 cm³/mol. The number of hydrogen-bond donors (Lipinski definition) is 0. The van der Waals surface area contributed by atoms with Gasteiger partial charge in [0.05, 0.1) is 28.5 Å². The summed E-state index contributed by atoms with van der Waals surface area (Å²) in [4.78, 5) is 32.2. The van der Waals surface area contributed by atoms with Gasteiger partial charge >= 0.3 is 5.97 Å². The number of nitrogens with zero attached hydrogens (tertiary/aromatic N) is 2. The first-order valence-corrected chi connectivity index (χ1v) is 14.9. The smallest absolute Gasteiger partial charge is 0.338 e. The van der Waals surface area contributed by atoms with Crippen molar-refractivity contribution in [1.82, 2.24) is 4.57 Å². The normalized spacial score (nSPS) is 19.7. The molecule has 0 radical (unpaired) electrons. The number of aromatic nitrogens is 1. The molecule has 0 saturated heterocycles. The molecule has 2 aromatic carbocycles. The van der Waals surface area contributed by atoms with Gasteiger partial charge in [0.2, 0.25) is 6.79 Å². The van der Waals surface area contributed by atoms with Crippen LogP contribution >= 0.6 is 27.3 Å². The molecule has 41 heavy (non-hydrogen) atoms. The van der Waals surface area contributed by atoms with Gasteiger partial charge in [-0.2, -0.15) is 0 Å². The molecular formula is C31H27BrN2O6S. The quantitative estimate of drug-likeness (QED) is 0.344. The predicted octanol–water partition coefficient (Wildman–Crippen LogP) is 4.88. The summed E-state index contributed by atoms with van der Waals surface area (Å²) in [5.41, 5.74) is 2.43. The van der Waals surface area contributed by atoms with Crippen molar-refractivity contribution >= 4 is 39.3 Å². The van der Waals surface area contributed by atoms with Crippen LogP contribution in [0.15, 0.2) is 92.0 Å². The van der Waals surface area contributed by atoms with E-state index >= 15 is 0 Å². The van der Waals surface area contributed by atoms with E-state index in [9.17, 15) is 9.59 Å². The van der Waals surface area contributed by atoms with E-state index in [-0.39, 0.29) is 24.9 Å². The van der Waals surface area contributed by atoms with Crippen LogP contribution < -0.4 is 24.4 Å². The number of benzene rings is 2. The fourth-order valence-corrected chi connectivity index (χ4v) is 6.77. The monoisotopic (exact) mass is 634 g/mol. The Morgan fingerprint density at radius 3 is 2.78 bits per heavy atom. The molecule has 2 atom stereocenters. The summed E-state index contributed by atoms with van der Waals surface area (Å²) in [6.07, 6.45) is 6.58. The highest BCUT2D eigenvalue weighted by Crippen LogP contribution is 2.38. The lowest BCUT2D eigenvalue weighted by molar-refractivity contribution is -0.139. The Bertz CT molecular complexity index is 1790. The minimum absolute atomic E-state index is 0.0237. The average Bonchev–Trinajstić information content (AvgIpc) is 3.56. The average molecular weight is 636 g/mol. The summed E-state index contributed by atoms with van der Waals surface area (Å²) >= 11 is 4.98. The van der Waals surface area contributed by atoms with E-state index in [1.54, 1.807) is 24.5 Å². The molecule has 3 aliphatic rings. The highest BCUT2D eigenvalue weighted by Gasteiger charge is 2.34. The van der Waals surface area contributed by atoms with Crippen LogP contribution in [0.25, 0.3) is 6.08 Å². The number of fused-ring (bicyclic) bond motifs is 2. The number of allylic oxidation sites excluding steroid dienone is 4. The second-order valence-electron chi connectivity index (χ2n) is 9.71. The molecule has 3 aromatic rings. The van der Waals surface area contributed by atoms with Crippen LogP contribution in [0.4, 0.5) is 0 Å². The highest BCUT2D eigenvalue weighted by molar-refractivity contribution is 9.11. The van der Waals surface area contributed by atoms with Crippen molar-refractivity contribution in [1.29, 1.82) is 0 Å². The van der Waals surface area contributed by atoms with Crippen molar-refractivity contribution in [3.63, 3.8) is 0 Å². The number of carbonyl (C=O) groups is 1. The fourth-order valence-electron chi connectivity index (χ4n) is 5.05. The molecule has 0 spiro atoms. The molecule has 6 rings (SSSR count). The van der Waals surface area contributed by atoms with Crippen molar-refractivity contribution in [2.45, 2.75) is 32.9 Å². The first kappa shape index (κ1) is 27.3. The number of esters is 1. The summed E-state index contributed by atoms with van der Waals surface area (Å²) in [6.45, 7) is 4.33. The van der Waals surface area contributed by atoms with Gasteiger partial charge in [0.15, 0.2) is 16.3 Å². The molecule has 10 heteroatoms. The number of ether oxygens (including phenoxy) is 4. The first-order valence-electron chi connectivity index (χ1n) is 13.3. The Morgan fingerprint density at radius 1 is 1.20 bits per heavy atom. The molecule has 210 valence electrons. The number of hydrogen-bond acceptors (Lipinski definition) is 8. The van der Waals surface area contributed by atoms with Gasteiger partial charge in [0.25, 0.3) is 5.56 Å². The summed E-state index contributed by atoms with van der Waals surface area (Å²) < 4.78 is 25.5. The van der Waals surface area contributed by atoms with E-state index in [1.165, 1.54) is 11.3 Å². The van der Waals surface area contributed by atoms with E-state index in [1.807, 2.05) is 60.7 Å². The van der Waals surface area contributed by atoms with E-state index in [4.69, 9.17) is 18.9 Å². The lowest BCUT2D eigenvalue weighted by Gasteiger charge is -2.24. The van der Waals surface area contributed by atoms with Crippen molar-refractivity contribution in [3.8, 4) is 11.5 Å². The third-order valence-electron chi connectivity index (χ3n) is 7.01. The molecule has 0 amide bonds. The van der Waals surface area contributed by atoms with Gasteiger partial charge < -0.3 is 18.9 Å². The van der Waals surface area contributed by atoms with Crippen LogP contribution in [0.1, 0.15) is 37.4 Å². The summed E-state index contributed by atoms with van der Waals surface area (Å²) in [5.74, 6) is 1.44. The minimum atomic E-state index is -0.714. The van der Waals surface area contributed by atoms with E-state index in [0.717, 1.165) is 15.8 Å². The van der Waals surface area contributed by atoms with E-state index in [0.29, 0.717) is 50.7 Å². The van der Waals surface area contributed by atoms with Crippen LogP contribution in [-0.2, 0) is 20.9 Å². The summed E-state index contributed by atoms with van der Waals surface area (Å²) in [5, 5.41) is 0. The molecule has 0 fully saturated rings. The summed E-state index contributed by atoms with van der Waals surface area (Å²) in [7, 11) is 0. The van der Waals surface area contributed by atoms with Gasteiger partial charge in [0, 0.05) is 10.4 Å². The van der Waals surface area contributed by atoms with Crippen LogP contribution in [0.5, 0.6) is 11.5 Å². The van der Waals surface area contributed by atoms with E-state index < -0.39 is 12.0 Å². The molecule has 8 nitrogen and oxygen atoms in total. The Morgan fingerprint density at radius 2 is 2.00 bits per heavy atom. The minimum Gasteiger partial charge on any atom is -0.488 e. The van der Waals surface area contributed by atoms with Crippen molar-refractivity contribution < 1.29 is 23.7 Å². The zero-order chi connectivity index (χ0) is 28.5. The van der Waals surface area contributed by atoms with Crippen molar-refractivity contribution in [2.75, 3.05) is 13.4 Å². The third kappa shape index (κ3) is 5.41. The lowest BCUT2D eigenvalue weighted by atomic mass is 9.95. The van der Waals surface area contributed by atoms with Crippen molar-refractivity contribution in [2.24, 2.45) is 10.9 Å². The highest BCUT2D eigenvalue weighted by atomic mass is 79.9. The zero-order valence-electron chi connectivity index (χ0n) is 22.5. The van der Waals surface area contributed by atoms with Gasteiger partial charge in [-0.1, -0.05) is 75.8 Å². The number of thiazole rings is 1. The standard InChI is InChI=1S/C31H27BrN2O6S/c1-3-37-30(36)27-18(2)33-31-34(28(27)21-10-12-24-25(15-21)40-17-39-24)29(35)26(41-31)14-20-9-11-23(22(32)13-20)38-16-19-7-5-4-6-8-19/h4-12,14-15,20,28H,3,13,16-17H2,1-2H3. The lowest BCUT2D eigenvalue weighted by Crippen LogP contribution is -2.40. The topological polar surface area (TPSA) is 88.4 Å². The van der Waals surface area contributed by atoms with Gasteiger partial charge in [0.1, 0.15) is 12.4 Å². The molecule has 2 unspecified atom stereocenters. The first-order chi connectivity index (χ1) is 19.9. The number of carbonyl (C=O) groups excluding carboxylic acids is 1. The maximum Gasteiger partial charge on any atom is 0.338 e. The molecule has 0 saturated carbocycles. The van der Waals surface area contributed by atoms with Gasteiger partial charge in [-0.15, -0.1) is 0 Å². The molecule has 0 bridgehead atoms. The van der Waals surface area contributed by atoms with Gasteiger partial charge in [-0.3, -0.25) is 9.36 Å². The third-order valence-corrected chi connectivity index (χ3v) is 8.72. The Kier molecular flexibility index (Phi) is 7.68. The molecule has 0 N–H and O–H groups in total. The van der Waals surface area contributed by atoms with Crippen LogP contribution in [-0.4, -0.2) is 23.9 Å². The maximum atomic E-state index is 13.9. The van der Waals surface area contributed by atoms with Crippen LogP contribution in [0.3, 0.4) is 0 Å². The molecule has 2 aliphatic heterocycles. The van der Waals surface area contributed by atoms with Crippen LogP contribution in [0.2, 0.25) is 0 Å². The fraction of sp³-hybridized carbons (Fsp3) is 0.258. The number of halogens is 1. The Hall–Kier alpha value is -3.89. The van der Waals surface area contributed by atoms with Crippen molar-refractivity contribution in [3.05, 3.63) is 113 Å². The zero-order valence-corrected chi connectivity index (χ0v) is 24.9. The van der Waals surface area contributed by atoms with Gasteiger partial charge in [-0.25, -0.2) is 9.79 Å². The summed E-state index contributed by atoms with van der Waals surface area (Å²) in [6, 6.07) is 14.7. The van der Waals surface area contributed by atoms with Gasteiger partial charge in [-0.05, 0) is 49.6 Å². The SMILES string of the molecule is CCOC(=O)C1=C(C)N=c2sc(=CC3C=CC(OCc4ccccc4)=C(Br)C3)c(=O)n2C1c1ccc2c(c1)OCO2. The Labute approximate surface area is 248 Å². The second-order valence-corrected chi connectivity index (χ2v) is 11.7. The molecule has 3 heterocycles. The largest absolute Gasteiger partial charge is 0.488 e. The number of rotatable bonds is 7. The second kappa shape index (κ2) is 11.5. The molecule has 1 aromatic heterocycles. The Balaban J connectivity index is 1.34. The molecule has 1 aliphatic carbocycles. The maximum absolute atomic E-state index is 13.9. The molecular weight excluding hydrogens is 608 g/mol. The van der Waals surface area contributed by atoms with Crippen LogP contribution in [0, 0.1) is 5.92 Å².